The van der Waals surface area contributed by atoms with Crippen molar-refractivity contribution in [3.8, 4) is 0 Å². The number of ether oxygens (including phenoxy) is 1. The number of halogens is 1. The number of sulfonamides is 1. The molecule has 0 unspecified atom stereocenters. The summed E-state index contributed by atoms with van der Waals surface area (Å²) in [6.07, 6.45) is 4.17. The normalized spacial score (nSPS) is 35.6. The van der Waals surface area contributed by atoms with E-state index in [0.29, 0.717) is 6.42 Å². The maximum absolute atomic E-state index is 12.9. The van der Waals surface area contributed by atoms with Gasteiger partial charge in [0.15, 0.2) is 4.90 Å². The molecule has 1 spiro atoms. The van der Waals surface area contributed by atoms with Gasteiger partial charge < -0.3 is 4.74 Å². The molecule has 0 radical (unpaired) electrons. The molecule has 2 saturated heterocycles. The second-order valence-corrected chi connectivity index (χ2v) is 8.70. The minimum absolute atomic E-state index is 0.0673. The lowest BCUT2D eigenvalue weighted by molar-refractivity contribution is -0.387. The Kier molecular flexibility index (Phi) is 2.97. The molecule has 3 heterocycles. The van der Waals surface area contributed by atoms with Crippen LogP contribution in [-0.4, -0.2) is 47.3 Å². The van der Waals surface area contributed by atoms with Gasteiger partial charge in [-0.3, -0.25) is 10.1 Å². The quantitative estimate of drug-likeness (QED) is 0.356. The number of rotatable bonds is 3. The number of benzene rings is 1. The summed E-state index contributed by atoms with van der Waals surface area (Å²) in [7, 11) is -4.03. The van der Waals surface area contributed by atoms with Crippen LogP contribution in [0.2, 0.25) is 0 Å². The van der Waals surface area contributed by atoms with E-state index in [9.17, 15) is 18.5 Å². The van der Waals surface area contributed by atoms with Crippen LogP contribution in [0.5, 0.6) is 0 Å². The average molecular weight is 357 g/mol. The number of nitro benzene ring substituents is 1. The number of nitrogens with zero attached hydrogens (tertiary/aromatic N) is 2. The summed E-state index contributed by atoms with van der Waals surface area (Å²) < 4.78 is 32.8. The van der Waals surface area contributed by atoms with Crippen LogP contribution in [0.15, 0.2) is 41.3 Å². The van der Waals surface area contributed by atoms with Crippen molar-refractivity contribution in [3.05, 3.63) is 46.5 Å². The minimum Gasteiger partial charge on any atom is -0.360 e. The Hall–Kier alpha value is -1.48. The molecule has 3 atom stereocenters. The Balaban J connectivity index is 1.75. The third-order valence-corrected chi connectivity index (χ3v) is 7.18. The SMILES string of the molecule is O=[N+]([O-])c1ccccc1S(=O)(=O)N1C[C@]2(Cl)C[C@H]3C=C[C@]2(C1)O3. The highest BCUT2D eigenvalue weighted by Crippen LogP contribution is 2.55. The lowest BCUT2D eigenvalue weighted by Crippen LogP contribution is -2.43. The Bertz CT molecular complexity index is 841. The topological polar surface area (TPSA) is 89.8 Å². The maximum atomic E-state index is 12.9. The van der Waals surface area contributed by atoms with Gasteiger partial charge in [0.2, 0.25) is 10.0 Å². The average Bonchev–Trinajstić information content (AvgIpc) is 3.10. The summed E-state index contributed by atoms with van der Waals surface area (Å²) in [4.78, 5) is 9.30. The number of para-hydroxylation sites is 1. The van der Waals surface area contributed by atoms with E-state index in [1.54, 1.807) is 0 Å². The molecule has 7 nitrogen and oxygen atoms in total. The highest BCUT2D eigenvalue weighted by atomic mass is 35.5. The van der Waals surface area contributed by atoms with Crippen LogP contribution in [-0.2, 0) is 14.8 Å². The van der Waals surface area contributed by atoms with Gasteiger partial charge in [0.05, 0.1) is 15.9 Å². The van der Waals surface area contributed by atoms with Crippen LogP contribution in [0.25, 0.3) is 0 Å². The van der Waals surface area contributed by atoms with E-state index >= 15 is 0 Å². The highest BCUT2D eigenvalue weighted by Gasteiger charge is 2.66. The van der Waals surface area contributed by atoms with Crippen molar-refractivity contribution in [2.75, 3.05) is 13.1 Å². The molecule has 1 aromatic rings. The molecule has 0 amide bonds. The van der Waals surface area contributed by atoms with Crippen LogP contribution in [0.3, 0.4) is 0 Å². The summed E-state index contributed by atoms with van der Waals surface area (Å²) in [5, 5.41) is 11.1. The Morgan fingerprint density at radius 3 is 2.74 bits per heavy atom. The molecule has 2 bridgehead atoms. The molecule has 4 rings (SSSR count). The lowest BCUT2D eigenvalue weighted by Gasteiger charge is -2.28. The van der Waals surface area contributed by atoms with Crippen LogP contribution in [0, 0.1) is 10.1 Å². The van der Waals surface area contributed by atoms with Gasteiger partial charge in [-0.25, -0.2) is 8.42 Å². The molecule has 9 heteroatoms. The molecule has 3 aliphatic rings. The molecule has 0 aromatic heterocycles. The van der Waals surface area contributed by atoms with E-state index < -0.39 is 31.1 Å². The molecule has 3 aliphatic heterocycles. The molecule has 0 N–H and O–H groups in total. The zero-order valence-corrected chi connectivity index (χ0v) is 13.5. The first-order chi connectivity index (χ1) is 10.8. The van der Waals surface area contributed by atoms with Gasteiger partial charge in [0, 0.05) is 25.6 Å². The number of hydrogen-bond acceptors (Lipinski definition) is 5. The number of hydrogen-bond donors (Lipinski definition) is 0. The highest BCUT2D eigenvalue weighted by molar-refractivity contribution is 7.89. The van der Waals surface area contributed by atoms with Crippen molar-refractivity contribution in [1.82, 2.24) is 4.31 Å². The Morgan fingerprint density at radius 2 is 2.09 bits per heavy atom. The molecular formula is C14H13ClN2O5S. The molecular weight excluding hydrogens is 344 g/mol. The molecule has 1 aromatic carbocycles. The zero-order valence-electron chi connectivity index (χ0n) is 11.9. The monoisotopic (exact) mass is 356 g/mol. The van der Waals surface area contributed by atoms with E-state index in [2.05, 4.69) is 0 Å². The smallest absolute Gasteiger partial charge is 0.289 e. The van der Waals surface area contributed by atoms with Crippen LogP contribution >= 0.6 is 11.6 Å². The van der Waals surface area contributed by atoms with Gasteiger partial charge in [-0.05, 0) is 6.07 Å². The molecule has 23 heavy (non-hydrogen) atoms. The summed E-state index contributed by atoms with van der Waals surface area (Å²) in [5.74, 6) is 0. The van der Waals surface area contributed by atoms with Crippen molar-refractivity contribution in [2.24, 2.45) is 0 Å². The van der Waals surface area contributed by atoms with Crippen molar-refractivity contribution in [2.45, 2.75) is 27.9 Å². The fourth-order valence-corrected chi connectivity index (χ4v) is 5.85. The molecule has 0 saturated carbocycles. The van der Waals surface area contributed by atoms with E-state index in [1.165, 1.54) is 28.6 Å². The zero-order chi connectivity index (χ0) is 16.5. The van der Waals surface area contributed by atoms with Crippen LogP contribution in [0.1, 0.15) is 6.42 Å². The van der Waals surface area contributed by atoms with Crippen molar-refractivity contribution in [3.63, 3.8) is 0 Å². The predicted octanol–water partition coefficient (Wildman–Crippen LogP) is 1.67. The largest absolute Gasteiger partial charge is 0.360 e. The van der Waals surface area contributed by atoms with Gasteiger partial charge in [0.1, 0.15) is 5.60 Å². The van der Waals surface area contributed by atoms with Gasteiger partial charge in [0.25, 0.3) is 5.69 Å². The Morgan fingerprint density at radius 1 is 1.35 bits per heavy atom. The number of fused-ring (bicyclic) bond motifs is 1. The van der Waals surface area contributed by atoms with Gasteiger partial charge >= 0.3 is 0 Å². The van der Waals surface area contributed by atoms with Crippen molar-refractivity contribution < 1.29 is 18.1 Å². The second-order valence-electron chi connectivity index (χ2n) is 6.07. The first-order valence-corrected chi connectivity index (χ1v) is 8.89. The van der Waals surface area contributed by atoms with Gasteiger partial charge in [-0.15, -0.1) is 11.6 Å². The standard InChI is InChI=1S/C14H13ClN2O5S/c15-13-7-10-5-6-14(13,22-10)9-16(8-13)23(20,21)12-4-2-1-3-11(12)17(18)19/h1-6,10H,7-9H2/t10-,13-,14-/m1/s1. The van der Waals surface area contributed by atoms with E-state index in [1.807, 2.05) is 12.2 Å². The van der Waals surface area contributed by atoms with Crippen LogP contribution in [0.4, 0.5) is 5.69 Å². The fourth-order valence-electron chi connectivity index (χ4n) is 3.63. The van der Waals surface area contributed by atoms with Gasteiger partial charge in [-0.2, -0.15) is 4.31 Å². The number of nitro groups is 1. The fraction of sp³-hybridized carbons (Fsp3) is 0.429. The lowest BCUT2D eigenvalue weighted by atomic mass is 9.85. The van der Waals surface area contributed by atoms with Crippen molar-refractivity contribution >= 4 is 27.3 Å². The van der Waals surface area contributed by atoms with Crippen molar-refractivity contribution in [1.29, 1.82) is 0 Å². The first kappa shape index (κ1) is 15.1. The molecule has 122 valence electrons. The summed E-state index contributed by atoms with van der Waals surface area (Å²) in [6, 6.07) is 5.33. The molecule has 2 fully saturated rings. The van der Waals surface area contributed by atoms with E-state index in [4.69, 9.17) is 16.3 Å². The van der Waals surface area contributed by atoms with E-state index in [-0.39, 0.29) is 24.1 Å². The summed E-state index contributed by atoms with van der Waals surface area (Å²) >= 11 is 6.63. The number of alkyl halides is 1. The summed E-state index contributed by atoms with van der Waals surface area (Å²) in [6.45, 7) is 0.141. The summed E-state index contributed by atoms with van der Waals surface area (Å²) in [5.41, 5.74) is -1.28. The second kappa shape index (κ2) is 4.54. The third kappa shape index (κ3) is 1.92. The predicted molar refractivity (Wildman–Crippen MR) is 81.8 cm³/mol. The maximum Gasteiger partial charge on any atom is 0.289 e. The van der Waals surface area contributed by atoms with Crippen LogP contribution < -0.4 is 0 Å². The molecule has 0 aliphatic carbocycles. The minimum atomic E-state index is -4.03. The Labute approximate surface area is 137 Å². The van der Waals surface area contributed by atoms with Gasteiger partial charge in [-0.1, -0.05) is 24.3 Å². The first-order valence-electron chi connectivity index (χ1n) is 7.07. The van der Waals surface area contributed by atoms with E-state index in [0.717, 1.165) is 0 Å². The third-order valence-electron chi connectivity index (χ3n) is 4.74.